The third-order valence-electron chi connectivity index (χ3n) is 3.56. The number of hydrogen-bond acceptors (Lipinski definition) is 5. The highest BCUT2D eigenvalue weighted by atomic mass is 16.5. The molecule has 2 rings (SSSR count). The third-order valence-corrected chi connectivity index (χ3v) is 3.56. The number of nitrogens with one attached hydrogen (secondary N) is 1. The zero-order valence-electron chi connectivity index (χ0n) is 14.0. The number of rotatable bonds is 8. The minimum atomic E-state index is -0.929. The van der Waals surface area contributed by atoms with Gasteiger partial charge in [-0.15, -0.1) is 0 Å². The van der Waals surface area contributed by atoms with Gasteiger partial charge in [-0.2, -0.15) is 0 Å². The number of carboxylic acid groups (broad SMARTS) is 1. The fourth-order valence-corrected chi connectivity index (χ4v) is 2.40. The lowest BCUT2D eigenvalue weighted by molar-refractivity contribution is 0.0696. The lowest BCUT2D eigenvalue weighted by Gasteiger charge is -2.14. The molecule has 0 unspecified atom stereocenters. The van der Waals surface area contributed by atoms with Gasteiger partial charge in [-0.1, -0.05) is 12.1 Å². The number of ether oxygens (including phenoxy) is 3. The summed E-state index contributed by atoms with van der Waals surface area (Å²) in [5.41, 5.74) is 2.16. The van der Waals surface area contributed by atoms with Crippen molar-refractivity contribution >= 4 is 5.97 Å². The minimum absolute atomic E-state index is 0.280. The molecule has 0 saturated carbocycles. The fourth-order valence-electron chi connectivity index (χ4n) is 2.40. The fraction of sp³-hybridized carbons (Fsp3) is 0.278. The van der Waals surface area contributed by atoms with Crippen LogP contribution in [-0.2, 0) is 13.1 Å². The number of aromatic carboxylic acids is 1. The molecule has 0 heterocycles. The van der Waals surface area contributed by atoms with Crippen molar-refractivity contribution in [1.29, 1.82) is 0 Å². The Labute approximate surface area is 141 Å². The highest BCUT2D eigenvalue weighted by Crippen LogP contribution is 2.38. The van der Waals surface area contributed by atoms with Gasteiger partial charge in [-0.3, -0.25) is 0 Å². The van der Waals surface area contributed by atoms with Gasteiger partial charge in [0.2, 0.25) is 5.75 Å². The van der Waals surface area contributed by atoms with E-state index < -0.39 is 5.97 Å². The highest BCUT2D eigenvalue weighted by Gasteiger charge is 2.13. The molecule has 0 radical (unpaired) electrons. The van der Waals surface area contributed by atoms with Crippen molar-refractivity contribution in [2.24, 2.45) is 0 Å². The molecule has 0 fully saturated rings. The molecule has 6 heteroatoms. The van der Waals surface area contributed by atoms with E-state index >= 15 is 0 Å². The van der Waals surface area contributed by atoms with Gasteiger partial charge < -0.3 is 24.6 Å². The molecule has 0 aromatic heterocycles. The molecule has 0 aliphatic heterocycles. The van der Waals surface area contributed by atoms with E-state index in [1.165, 1.54) is 0 Å². The van der Waals surface area contributed by atoms with Crippen LogP contribution in [0.1, 0.15) is 21.5 Å². The molecule has 2 N–H and O–H groups in total. The van der Waals surface area contributed by atoms with Crippen molar-refractivity contribution in [3.05, 3.63) is 53.1 Å². The summed E-state index contributed by atoms with van der Waals surface area (Å²) in [4.78, 5) is 11.0. The van der Waals surface area contributed by atoms with Crippen LogP contribution in [0, 0.1) is 0 Å². The van der Waals surface area contributed by atoms with Crippen LogP contribution in [-0.4, -0.2) is 32.4 Å². The molecule has 0 atom stereocenters. The summed E-state index contributed by atoms with van der Waals surface area (Å²) in [7, 11) is 4.71. The Morgan fingerprint density at radius 2 is 1.58 bits per heavy atom. The molecular weight excluding hydrogens is 310 g/mol. The topological polar surface area (TPSA) is 77.0 Å². The van der Waals surface area contributed by atoms with Crippen LogP contribution in [0.25, 0.3) is 0 Å². The van der Waals surface area contributed by atoms with Crippen LogP contribution >= 0.6 is 0 Å². The largest absolute Gasteiger partial charge is 0.493 e. The normalized spacial score (nSPS) is 10.3. The van der Waals surface area contributed by atoms with Crippen LogP contribution in [0.3, 0.4) is 0 Å². The number of carbonyl (C=O) groups is 1. The standard InChI is InChI=1S/C18H21NO5/c1-22-15-8-13(9-16(23-2)17(15)24-3)11-19-10-12-5-4-6-14(7-12)18(20)21/h4-9,19H,10-11H2,1-3H3,(H,20,21). The molecular formula is C18H21NO5. The first-order valence-electron chi connectivity index (χ1n) is 7.41. The Balaban J connectivity index is 2.07. The molecule has 0 bridgehead atoms. The SMILES string of the molecule is COc1cc(CNCc2cccc(C(=O)O)c2)cc(OC)c1OC. The number of benzene rings is 2. The molecule has 0 aliphatic carbocycles. The van der Waals surface area contributed by atoms with Gasteiger partial charge in [0.1, 0.15) is 0 Å². The number of carboxylic acids is 1. The summed E-state index contributed by atoms with van der Waals surface area (Å²) in [5, 5.41) is 12.3. The number of methoxy groups -OCH3 is 3. The van der Waals surface area contributed by atoms with Crippen LogP contribution in [0.2, 0.25) is 0 Å². The van der Waals surface area contributed by atoms with E-state index in [1.807, 2.05) is 18.2 Å². The van der Waals surface area contributed by atoms with Crippen molar-refractivity contribution in [1.82, 2.24) is 5.32 Å². The monoisotopic (exact) mass is 331 g/mol. The predicted octanol–water partition coefficient (Wildman–Crippen LogP) is 2.70. The van der Waals surface area contributed by atoms with Crippen molar-refractivity contribution < 1.29 is 24.1 Å². The number of hydrogen-bond donors (Lipinski definition) is 2. The molecule has 0 amide bonds. The average Bonchev–Trinajstić information content (AvgIpc) is 2.61. The summed E-state index contributed by atoms with van der Waals surface area (Å²) >= 11 is 0. The molecule has 24 heavy (non-hydrogen) atoms. The molecule has 2 aromatic rings. The summed E-state index contributed by atoms with van der Waals surface area (Å²) < 4.78 is 16.0. The van der Waals surface area contributed by atoms with Crippen LogP contribution in [0.5, 0.6) is 17.2 Å². The van der Waals surface area contributed by atoms with E-state index in [0.29, 0.717) is 30.3 Å². The Morgan fingerprint density at radius 1 is 0.958 bits per heavy atom. The second-order valence-corrected chi connectivity index (χ2v) is 5.14. The molecule has 0 aliphatic rings. The van der Waals surface area contributed by atoms with Gasteiger partial charge in [-0.05, 0) is 35.4 Å². The van der Waals surface area contributed by atoms with E-state index in [-0.39, 0.29) is 5.56 Å². The van der Waals surface area contributed by atoms with Crippen LogP contribution in [0.4, 0.5) is 0 Å². The van der Waals surface area contributed by atoms with Gasteiger partial charge in [0, 0.05) is 13.1 Å². The van der Waals surface area contributed by atoms with Crippen molar-refractivity contribution in [2.45, 2.75) is 13.1 Å². The zero-order chi connectivity index (χ0) is 17.5. The highest BCUT2D eigenvalue weighted by molar-refractivity contribution is 5.87. The summed E-state index contributed by atoms with van der Waals surface area (Å²) in [6.45, 7) is 1.13. The predicted molar refractivity (Wildman–Crippen MR) is 90.0 cm³/mol. The Hall–Kier alpha value is -2.73. The van der Waals surface area contributed by atoms with Gasteiger partial charge in [0.25, 0.3) is 0 Å². The quantitative estimate of drug-likeness (QED) is 0.774. The maximum absolute atomic E-state index is 11.0. The third kappa shape index (κ3) is 4.17. The second-order valence-electron chi connectivity index (χ2n) is 5.14. The first-order valence-corrected chi connectivity index (χ1v) is 7.41. The Kier molecular flexibility index (Phi) is 6.03. The molecule has 0 spiro atoms. The van der Waals surface area contributed by atoms with Crippen molar-refractivity contribution in [3.8, 4) is 17.2 Å². The van der Waals surface area contributed by atoms with E-state index in [9.17, 15) is 4.79 Å². The van der Waals surface area contributed by atoms with E-state index in [0.717, 1.165) is 11.1 Å². The van der Waals surface area contributed by atoms with Crippen molar-refractivity contribution in [2.75, 3.05) is 21.3 Å². The van der Waals surface area contributed by atoms with Gasteiger partial charge >= 0.3 is 5.97 Å². The van der Waals surface area contributed by atoms with Gasteiger partial charge in [-0.25, -0.2) is 4.79 Å². The summed E-state index contributed by atoms with van der Waals surface area (Å²) in [6, 6.07) is 10.6. The van der Waals surface area contributed by atoms with Gasteiger partial charge in [0.05, 0.1) is 26.9 Å². The maximum atomic E-state index is 11.0. The maximum Gasteiger partial charge on any atom is 0.335 e. The van der Waals surface area contributed by atoms with Gasteiger partial charge in [0.15, 0.2) is 11.5 Å². The summed E-state index contributed by atoms with van der Waals surface area (Å²) in [6.07, 6.45) is 0. The molecule has 128 valence electrons. The van der Waals surface area contributed by atoms with Crippen LogP contribution < -0.4 is 19.5 Å². The van der Waals surface area contributed by atoms with Crippen LogP contribution in [0.15, 0.2) is 36.4 Å². The van der Waals surface area contributed by atoms with E-state index in [4.69, 9.17) is 19.3 Å². The zero-order valence-corrected chi connectivity index (χ0v) is 14.0. The smallest absolute Gasteiger partial charge is 0.335 e. The summed E-state index contributed by atoms with van der Waals surface area (Å²) in [5.74, 6) is 0.822. The lowest BCUT2D eigenvalue weighted by atomic mass is 10.1. The first-order chi connectivity index (χ1) is 11.6. The lowest BCUT2D eigenvalue weighted by Crippen LogP contribution is -2.13. The van der Waals surface area contributed by atoms with E-state index in [1.54, 1.807) is 39.5 Å². The Bertz CT molecular complexity index is 689. The average molecular weight is 331 g/mol. The molecule has 6 nitrogen and oxygen atoms in total. The van der Waals surface area contributed by atoms with Crippen molar-refractivity contribution in [3.63, 3.8) is 0 Å². The minimum Gasteiger partial charge on any atom is -0.493 e. The second kappa shape index (κ2) is 8.21. The van der Waals surface area contributed by atoms with E-state index in [2.05, 4.69) is 5.32 Å². The first kappa shape index (κ1) is 17.6. The molecule has 0 saturated heterocycles. The molecule has 2 aromatic carbocycles. The Morgan fingerprint density at radius 3 is 2.12 bits per heavy atom.